The second-order valence-electron chi connectivity index (χ2n) is 5.78. The number of nitrogens with zero attached hydrogens (tertiary/aromatic N) is 1. The SMILES string of the molecule is COc1ccc(CC2CCNCC2)cc1CN(C)C. The molecule has 1 aliphatic rings. The topological polar surface area (TPSA) is 24.5 Å². The Kier molecular flexibility index (Phi) is 5.23. The summed E-state index contributed by atoms with van der Waals surface area (Å²) in [5.41, 5.74) is 2.74. The molecular formula is C16H26N2O. The normalized spacial score (nSPS) is 16.8. The smallest absolute Gasteiger partial charge is 0.123 e. The van der Waals surface area contributed by atoms with E-state index in [2.05, 4.69) is 42.5 Å². The van der Waals surface area contributed by atoms with Crippen molar-refractivity contribution in [2.75, 3.05) is 34.3 Å². The van der Waals surface area contributed by atoms with Gasteiger partial charge in [-0.2, -0.15) is 0 Å². The molecule has 0 amide bonds. The number of methoxy groups -OCH3 is 1. The van der Waals surface area contributed by atoms with Gasteiger partial charge in [-0.25, -0.2) is 0 Å². The van der Waals surface area contributed by atoms with Crippen molar-refractivity contribution in [1.29, 1.82) is 0 Å². The lowest BCUT2D eigenvalue weighted by Crippen LogP contribution is -2.28. The molecule has 0 aliphatic carbocycles. The lowest BCUT2D eigenvalue weighted by Gasteiger charge is -2.23. The van der Waals surface area contributed by atoms with Crippen LogP contribution in [0.5, 0.6) is 5.75 Å². The van der Waals surface area contributed by atoms with E-state index in [9.17, 15) is 0 Å². The lowest BCUT2D eigenvalue weighted by molar-refractivity contribution is 0.366. The fraction of sp³-hybridized carbons (Fsp3) is 0.625. The van der Waals surface area contributed by atoms with Crippen LogP contribution in [0.4, 0.5) is 0 Å². The summed E-state index contributed by atoms with van der Waals surface area (Å²) in [4.78, 5) is 2.19. The van der Waals surface area contributed by atoms with Crippen molar-refractivity contribution in [3.63, 3.8) is 0 Å². The van der Waals surface area contributed by atoms with Crippen LogP contribution in [0.2, 0.25) is 0 Å². The number of hydrogen-bond acceptors (Lipinski definition) is 3. The average Bonchev–Trinajstić information content (AvgIpc) is 2.39. The minimum Gasteiger partial charge on any atom is -0.496 e. The maximum absolute atomic E-state index is 5.45. The van der Waals surface area contributed by atoms with Gasteiger partial charge in [0.2, 0.25) is 0 Å². The number of rotatable bonds is 5. The Morgan fingerprint density at radius 2 is 2.00 bits per heavy atom. The first-order chi connectivity index (χ1) is 9.19. The van der Waals surface area contributed by atoms with Gasteiger partial charge in [0.1, 0.15) is 5.75 Å². The van der Waals surface area contributed by atoms with Gasteiger partial charge in [-0.3, -0.25) is 0 Å². The molecule has 0 atom stereocenters. The van der Waals surface area contributed by atoms with Gasteiger partial charge in [-0.15, -0.1) is 0 Å². The standard InChI is InChI=1S/C16H26N2O/c1-18(2)12-15-11-14(4-5-16(15)19-3)10-13-6-8-17-9-7-13/h4-5,11,13,17H,6-10,12H2,1-3H3. The zero-order valence-electron chi connectivity index (χ0n) is 12.4. The summed E-state index contributed by atoms with van der Waals surface area (Å²) in [7, 11) is 5.94. The van der Waals surface area contributed by atoms with Gasteiger partial charge in [0.25, 0.3) is 0 Å². The molecule has 0 spiro atoms. The summed E-state index contributed by atoms with van der Waals surface area (Å²) in [5, 5.41) is 3.43. The van der Waals surface area contributed by atoms with Crippen molar-refractivity contribution < 1.29 is 4.74 Å². The van der Waals surface area contributed by atoms with Gasteiger partial charge in [0.15, 0.2) is 0 Å². The number of hydrogen-bond donors (Lipinski definition) is 1. The van der Waals surface area contributed by atoms with Crippen LogP contribution < -0.4 is 10.1 Å². The van der Waals surface area contributed by atoms with Crippen molar-refractivity contribution in [1.82, 2.24) is 10.2 Å². The quantitative estimate of drug-likeness (QED) is 0.881. The van der Waals surface area contributed by atoms with E-state index in [0.717, 1.165) is 18.2 Å². The highest BCUT2D eigenvalue weighted by Crippen LogP contribution is 2.24. The number of piperidine rings is 1. The van der Waals surface area contributed by atoms with E-state index in [1.54, 1.807) is 7.11 Å². The molecule has 3 heteroatoms. The average molecular weight is 262 g/mol. The van der Waals surface area contributed by atoms with Crippen molar-refractivity contribution in [2.24, 2.45) is 5.92 Å². The highest BCUT2D eigenvalue weighted by molar-refractivity contribution is 5.37. The summed E-state index contributed by atoms with van der Waals surface area (Å²) in [5.74, 6) is 1.84. The Morgan fingerprint density at radius 1 is 1.26 bits per heavy atom. The molecule has 1 aromatic carbocycles. The fourth-order valence-electron chi connectivity index (χ4n) is 2.84. The molecule has 19 heavy (non-hydrogen) atoms. The molecule has 1 saturated heterocycles. The van der Waals surface area contributed by atoms with Crippen molar-refractivity contribution in [2.45, 2.75) is 25.8 Å². The minimum atomic E-state index is 0.835. The predicted octanol–water partition coefficient (Wildman–Crippen LogP) is 2.30. The van der Waals surface area contributed by atoms with Crippen molar-refractivity contribution in [3.05, 3.63) is 29.3 Å². The number of nitrogens with one attached hydrogen (secondary N) is 1. The largest absolute Gasteiger partial charge is 0.496 e. The predicted molar refractivity (Wildman–Crippen MR) is 79.7 cm³/mol. The second-order valence-corrected chi connectivity index (χ2v) is 5.78. The first-order valence-electron chi connectivity index (χ1n) is 7.20. The van der Waals surface area contributed by atoms with E-state index in [1.165, 1.54) is 43.5 Å². The molecule has 0 saturated carbocycles. The lowest BCUT2D eigenvalue weighted by atomic mass is 9.90. The van der Waals surface area contributed by atoms with Crippen LogP contribution in [-0.2, 0) is 13.0 Å². The fourth-order valence-corrected chi connectivity index (χ4v) is 2.84. The Bertz CT molecular complexity index is 398. The van der Waals surface area contributed by atoms with Gasteiger partial charge in [0, 0.05) is 12.1 Å². The molecule has 0 aromatic heterocycles. The summed E-state index contributed by atoms with van der Waals surface area (Å²) < 4.78 is 5.45. The molecule has 1 N–H and O–H groups in total. The minimum absolute atomic E-state index is 0.835. The molecule has 1 heterocycles. The highest BCUT2D eigenvalue weighted by Gasteiger charge is 2.14. The van der Waals surface area contributed by atoms with Crippen LogP contribution in [0.25, 0.3) is 0 Å². The van der Waals surface area contributed by atoms with E-state index in [-0.39, 0.29) is 0 Å². The number of ether oxygens (including phenoxy) is 1. The molecule has 1 aromatic rings. The Morgan fingerprint density at radius 3 is 2.63 bits per heavy atom. The zero-order chi connectivity index (χ0) is 13.7. The molecule has 106 valence electrons. The maximum atomic E-state index is 5.45. The summed E-state index contributed by atoms with van der Waals surface area (Å²) >= 11 is 0. The Labute approximate surface area is 116 Å². The van der Waals surface area contributed by atoms with Crippen LogP contribution in [0, 0.1) is 5.92 Å². The third-order valence-electron chi connectivity index (χ3n) is 3.81. The third-order valence-corrected chi connectivity index (χ3v) is 3.81. The van der Waals surface area contributed by atoms with Gasteiger partial charge < -0.3 is 15.0 Å². The molecule has 1 fully saturated rings. The van der Waals surface area contributed by atoms with Gasteiger partial charge >= 0.3 is 0 Å². The summed E-state index contributed by atoms with van der Waals surface area (Å²) in [6, 6.07) is 6.66. The van der Waals surface area contributed by atoms with E-state index < -0.39 is 0 Å². The van der Waals surface area contributed by atoms with E-state index in [4.69, 9.17) is 4.74 Å². The maximum Gasteiger partial charge on any atom is 0.123 e. The van der Waals surface area contributed by atoms with Crippen LogP contribution in [0.1, 0.15) is 24.0 Å². The summed E-state index contributed by atoms with van der Waals surface area (Å²) in [6.45, 7) is 3.28. The number of benzene rings is 1. The molecular weight excluding hydrogens is 236 g/mol. The zero-order valence-corrected chi connectivity index (χ0v) is 12.4. The van der Waals surface area contributed by atoms with Gasteiger partial charge in [-0.1, -0.05) is 12.1 Å². The van der Waals surface area contributed by atoms with E-state index in [0.29, 0.717) is 0 Å². The summed E-state index contributed by atoms with van der Waals surface area (Å²) in [6.07, 6.45) is 3.80. The highest BCUT2D eigenvalue weighted by atomic mass is 16.5. The van der Waals surface area contributed by atoms with Crippen molar-refractivity contribution in [3.8, 4) is 5.75 Å². The molecule has 2 rings (SSSR count). The van der Waals surface area contributed by atoms with Gasteiger partial charge in [0.05, 0.1) is 7.11 Å². The van der Waals surface area contributed by atoms with Crippen molar-refractivity contribution >= 4 is 0 Å². The Hall–Kier alpha value is -1.06. The first-order valence-corrected chi connectivity index (χ1v) is 7.20. The molecule has 0 bridgehead atoms. The van der Waals surface area contributed by atoms with E-state index >= 15 is 0 Å². The third kappa shape index (κ3) is 4.22. The van der Waals surface area contributed by atoms with E-state index in [1.807, 2.05) is 0 Å². The van der Waals surface area contributed by atoms with Crippen LogP contribution in [0.15, 0.2) is 18.2 Å². The van der Waals surface area contributed by atoms with Gasteiger partial charge in [-0.05, 0) is 64.0 Å². The van der Waals surface area contributed by atoms with Crippen LogP contribution in [-0.4, -0.2) is 39.2 Å². The molecule has 1 aliphatic heterocycles. The van der Waals surface area contributed by atoms with Crippen LogP contribution in [0.3, 0.4) is 0 Å². The first kappa shape index (κ1) is 14.4. The second kappa shape index (κ2) is 6.92. The van der Waals surface area contributed by atoms with Crippen LogP contribution >= 0.6 is 0 Å². The Balaban J connectivity index is 2.07. The molecule has 0 unspecified atom stereocenters. The monoisotopic (exact) mass is 262 g/mol. The molecule has 0 radical (unpaired) electrons. The molecule has 3 nitrogen and oxygen atoms in total.